The smallest absolute Gasteiger partial charge is 0.115 e. The average Bonchev–Trinajstić information content (AvgIpc) is 3.19. The third kappa shape index (κ3) is 3.47. The summed E-state index contributed by atoms with van der Waals surface area (Å²) in [6, 6.07) is 12.7. The Bertz CT molecular complexity index is 543. The standard InChI is InChI=1S/C18H23NOS/c1-13(14-8-10-16(20)11-9-14)19-18(15-5-2-3-6-15)17-7-4-12-21-17/h4,7-13,15,18-20H,2-3,5-6H2,1H3. The number of nitrogens with one attached hydrogen (secondary N) is 1. The minimum absolute atomic E-state index is 0.290. The molecule has 0 spiro atoms. The molecule has 1 saturated carbocycles. The second-order valence-electron chi connectivity index (χ2n) is 6.02. The predicted molar refractivity (Wildman–Crippen MR) is 88.7 cm³/mol. The van der Waals surface area contributed by atoms with Gasteiger partial charge in [0.1, 0.15) is 5.75 Å². The molecule has 2 unspecified atom stereocenters. The van der Waals surface area contributed by atoms with Crippen LogP contribution < -0.4 is 5.32 Å². The van der Waals surface area contributed by atoms with E-state index in [2.05, 4.69) is 29.8 Å². The van der Waals surface area contributed by atoms with Crippen LogP contribution in [-0.4, -0.2) is 5.11 Å². The van der Waals surface area contributed by atoms with Gasteiger partial charge in [0.15, 0.2) is 0 Å². The number of thiophene rings is 1. The predicted octanol–water partition coefficient (Wildman–Crippen LogP) is 5.04. The zero-order valence-electron chi connectivity index (χ0n) is 12.5. The summed E-state index contributed by atoms with van der Waals surface area (Å²) in [7, 11) is 0. The highest BCUT2D eigenvalue weighted by molar-refractivity contribution is 7.10. The summed E-state index contributed by atoms with van der Waals surface area (Å²) >= 11 is 1.86. The van der Waals surface area contributed by atoms with E-state index >= 15 is 0 Å². The van der Waals surface area contributed by atoms with E-state index in [9.17, 15) is 5.11 Å². The molecule has 112 valence electrons. The van der Waals surface area contributed by atoms with E-state index in [4.69, 9.17) is 0 Å². The van der Waals surface area contributed by atoms with Crippen molar-refractivity contribution in [1.29, 1.82) is 0 Å². The van der Waals surface area contributed by atoms with Crippen LogP contribution >= 0.6 is 11.3 Å². The molecule has 1 fully saturated rings. The molecule has 0 radical (unpaired) electrons. The monoisotopic (exact) mass is 301 g/mol. The summed E-state index contributed by atoms with van der Waals surface area (Å²) in [6.07, 6.45) is 5.39. The molecule has 1 aliphatic carbocycles. The maximum Gasteiger partial charge on any atom is 0.115 e. The van der Waals surface area contributed by atoms with Crippen molar-refractivity contribution in [3.8, 4) is 5.75 Å². The van der Waals surface area contributed by atoms with Crippen LogP contribution in [0.1, 0.15) is 55.1 Å². The number of phenols is 1. The molecule has 0 saturated heterocycles. The van der Waals surface area contributed by atoms with Gasteiger partial charge in [-0.2, -0.15) is 0 Å². The van der Waals surface area contributed by atoms with Gasteiger partial charge in [-0.3, -0.25) is 0 Å². The third-order valence-electron chi connectivity index (χ3n) is 4.54. The van der Waals surface area contributed by atoms with Crippen molar-refractivity contribution in [3.05, 3.63) is 52.2 Å². The molecule has 2 N–H and O–H groups in total. The Hall–Kier alpha value is -1.32. The number of benzene rings is 1. The lowest BCUT2D eigenvalue weighted by atomic mass is 9.95. The molecular formula is C18H23NOS. The van der Waals surface area contributed by atoms with Crippen LogP contribution in [0.15, 0.2) is 41.8 Å². The summed E-state index contributed by atoms with van der Waals surface area (Å²) in [6.45, 7) is 2.21. The molecule has 0 amide bonds. The quantitative estimate of drug-likeness (QED) is 0.811. The van der Waals surface area contributed by atoms with Gasteiger partial charge in [-0.1, -0.05) is 31.0 Å². The summed E-state index contributed by atoms with van der Waals surface area (Å²) in [5, 5.41) is 15.4. The fourth-order valence-corrected chi connectivity index (χ4v) is 4.22. The number of hydrogen-bond acceptors (Lipinski definition) is 3. The van der Waals surface area contributed by atoms with Crippen molar-refractivity contribution < 1.29 is 5.11 Å². The van der Waals surface area contributed by atoms with E-state index in [0.29, 0.717) is 17.8 Å². The maximum atomic E-state index is 9.42. The zero-order valence-corrected chi connectivity index (χ0v) is 13.3. The van der Waals surface area contributed by atoms with Gasteiger partial charge in [-0.25, -0.2) is 0 Å². The Morgan fingerprint density at radius 1 is 1.14 bits per heavy atom. The minimum atomic E-state index is 0.290. The van der Waals surface area contributed by atoms with E-state index in [1.165, 1.54) is 36.1 Å². The van der Waals surface area contributed by atoms with Gasteiger partial charge < -0.3 is 10.4 Å². The van der Waals surface area contributed by atoms with Gasteiger partial charge in [-0.15, -0.1) is 11.3 Å². The summed E-state index contributed by atoms with van der Waals surface area (Å²) in [4.78, 5) is 1.45. The summed E-state index contributed by atoms with van der Waals surface area (Å²) in [5.41, 5.74) is 1.23. The Labute approximate surface area is 130 Å². The van der Waals surface area contributed by atoms with Crippen LogP contribution in [-0.2, 0) is 0 Å². The number of hydrogen-bond donors (Lipinski definition) is 2. The van der Waals surface area contributed by atoms with Crippen molar-refractivity contribution in [3.63, 3.8) is 0 Å². The Balaban J connectivity index is 1.76. The van der Waals surface area contributed by atoms with Crippen molar-refractivity contribution in [2.24, 2.45) is 5.92 Å². The third-order valence-corrected chi connectivity index (χ3v) is 5.50. The highest BCUT2D eigenvalue weighted by atomic mass is 32.1. The largest absolute Gasteiger partial charge is 0.508 e. The molecule has 0 bridgehead atoms. The lowest BCUT2D eigenvalue weighted by molar-refractivity contribution is 0.343. The van der Waals surface area contributed by atoms with Gasteiger partial charge >= 0.3 is 0 Å². The molecule has 21 heavy (non-hydrogen) atoms. The molecule has 1 heterocycles. The molecule has 1 aromatic heterocycles. The van der Waals surface area contributed by atoms with Crippen molar-refractivity contribution in [2.45, 2.75) is 44.7 Å². The SMILES string of the molecule is CC(NC(c1cccs1)C1CCCC1)c1ccc(O)cc1. The van der Waals surface area contributed by atoms with Crippen LogP contribution in [0.3, 0.4) is 0 Å². The van der Waals surface area contributed by atoms with E-state index in [-0.39, 0.29) is 0 Å². The Kier molecular flexibility index (Phi) is 4.61. The van der Waals surface area contributed by atoms with Crippen molar-refractivity contribution in [1.82, 2.24) is 5.32 Å². The second kappa shape index (κ2) is 6.63. The number of rotatable bonds is 5. The van der Waals surface area contributed by atoms with Crippen LogP contribution in [0.2, 0.25) is 0 Å². The van der Waals surface area contributed by atoms with Crippen LogP contribution in [0, 0.1) is 5.92 Å². The average molecular weight is 301 g/mol. The highest BCUT2D eigenvalue weighted by Gasteiger charge is 2.28. The van der Waals surface area contributed by atoms with Gasteiger partial charge in [0.05, 0.1) is 0 Å². The molecule has 1 aromatic carbocycles. The van der Waals surface area contributed by atoms with Crippen LogP contribution in [0.25, 0.3) is 0 Å². The molecule has 2 nitrogen and oxygen atoms in total. The molecule has 2 aromatic rings. The second-order valence-corrected chi connectivity index (χ2v) is 7.00. The van der Waals surface area contributed by atoms with Gasteiger partial charge in [-0.05, 0) is 54.8 Å². The fourth-order valence-electron chi connectivity index (χ4n) is 3.34. The van der Waals surface area contributed by atoms with E-state index in [1.807, 2.05) is 23.5 Å². The molecular weight excluding hydrogens is 278 g/mol. The maximum absolute atomic E-state index is 9.42. The Morgan fingerprint density at radius 3 is 2.48 bits per heavy atom. The molecule has 2 atom stereocenters. The minimum Gasteiger partial charge on any atom is -0.508 e. The summed E-state index contributed by atoms with van der Waals surface area (Å²) in [5.74, 6) is 1.08. The Morgan fingerprint density at radius 2 is 1.86 bits per heavy atom. The van der Waals surface area contributed by atoms with Crippen LogP contribution in [0.5, 0.6) is 5.75 Å². The van der Waals surface area contributed by atoms with Crippen molar-refractivity contribution in [2.75, 3.05) is 0 Å². The van der Waals surface area contributed by atoms with Crippen molar-refractivity contribution >= 4 is 11.3 Å². The first kappa shape index (κ1) is 14.6. The van der Waals surface area contributed by atoms with Gasteiger partial charge in [0.2, 0.25) is 0 Å². The first-order chi connectivity index (χ1) is 10.2. The molecule has 0 aliphatic heterocycles. The lowest BCUT2D eigenvalue weighted by Crippen LogP contribution is -2.29. The van der Waals surface area contributed by atoms with Gasteiger partial charge in [0.25, 0.3) is 0 Å². The normalized spacial score (nSPS) is 18.7. The first-order valence-corrected chi connectivity index (χ1v) is 8.70. The number of aromatic hydroxyl groups is 1. The molecule has 3 heteroatoms. The highest BCUT2D eigenvalue weighted by Crippen LogP contribution is 2.38. The molecule has 3 rings (SSSR count). The fraction of sp³-hybridized carbons (Fsp3) is 0.444. The summed E-state index contributed by atoms with van der Waals surface area (Å²) < 4.78 is 0. The van der Waals surface area contributed by atoms with Crippen LogP contribution in [0.4, 0.5) is 0 Å². The number of phenolic OH excluding ortho intramolecular Hbond substituents is 1. The zero-order chi connectivity index (χ0) is 14.7. The first-order valence-electron chi connectivity index (χ1n) is 7.82. The van der Waals surface area contributed by atoms with E-state index < -0.39 is 0 Å². The topological polar surface area (TPSA) is 32.3 Å². The lowest BCUT2D eigenvalue weighted by Gasteiger charge is -2.28. The van der Waals surface area contributed by atoms with Gasteiger partial charge in [0, 0.05) is 17.0 Å². The molecule has 1 aliphatic rings. The van der Waals surface area contributed by atoms with E-state index in [0.717, 1.165) is 5.92 Å². The van der Waals surface area contributed by atoms with E-state index in [1.54, 1.807) is 12.1 Å².